The summed E-state index contributed by atoms with van der Waals surface area (Å²) in [7, 11) is 0. The van der Waals surface area contributed by atoms with Gasteiger partial charge in [-0.3, -0.25) is 25.2 Å². The van der Waals surface area contributed by atoms with E-state index in [9.17, 15) is 14.4 Å². The number of hydrazine groups is 1. The second-order valence-corrected chi connectivity index (χ2v) is 8.14. The Morgan fingerprint density at radius 1 is 1.07 bits per heavy atom. The van der Waals surface area contributed by atoms with Gasteiger partial charge in [-0.05, 0) is 30.4 Å². The number of nitrogens with one attached hydrogen (secondary N) is 4. The molecule has 1 aromatic carbocycles. The van der Waals surface area contributed by atoms with Gasteiger partial charge in [0.2, 0.25) is 11.8 Å². The molecular formula is C22H30N4O3. The maximum absolute atomic E-state index is 12.6. The predicted molar refractivity (Wildman–Crippen MR) is 112 cm³/mol. The molecule has 1 heterocycles. The molecule has 0 saturated heterocycles. The van der Waals surface area contributed by atoms with Crippen molar-refractivity contribution in [3.05, 3.63) is 36.0 Å². The molecule has 1 saturated carbocycles. The van der Waals surface area contributed by atoms with Crippen molar-refractivity contribution in [2.24, 2.45) is 11.8 Å². The summed E-state index contributed by atoms with van der Waals surface area (Å²) in [6.45, 7) is 3.75. The van der Waals surface area contributed by atoms with Gasteiger partial charge in [-0.15, -0.1) is 0 Å². The normalized spacial score (nSPS) is 15.8. The van der Waals surface area contributed by atoms with Crippen molar-refractivity contribution in [2.75, 3.05) is 0 Å². The zero-order valence-corrected chi connectivity index (χ0v) is 17.1. The SMILES string of the molecule is CC(C)C(NC(=O)C1CCCCC1)C(=O)NNC(=O)Cc1c[nH]c2ccccc12. The second kappa shape index (κ2) is 9.58. The fraction of sp³-hybridized carbons (Fsp3) is 0.500. The predicted octanol–water partition coefficient (Wildman–Crippen LogP) is 2.58. The molecule has 0 aliphatic heterocycles. The van der Waals surface area contributed by atoms with Crippen LogP contribution in [0.15, 0.2) is 30.5 Å². The molecule has 0 bridgehead atoms. The molecule has 4 N–H and O–H groups in total. The third-order valence-electron chi connectivity index (χ3n) is 5.57. The Morgan fingerprint density at radius 2 is 1.79 bits per heavy atom. The highest BCUT2D eigenvalue weighted by atomic mass is 16.2. The number of amides is 3. The van der Waals surface area contributed by atoms with E-state index in [0.717, 1.165) is 42.1 Å². The van der Waals surface area contributed by atoms with Crippen molar-refractivity contribution in [3.63, 3.8) is 0 Å². The van der Waals surface area contributed by atoms with Crippen LogP contribution in [0.1, 0.15) is 51.5 Å². The van der Waals surface area contributed by atoms with E-state index in [1.54, 1.807) is 6.20 Å². The molecule has 3 rings (SSSR count). The first-order valence-electron chi connectivity index (χ1n) is 10.4. The summed E-state index contributed by atoms with van der Waals surface area (Å²) in [5.41, 5.74) is 6.76. The number of para-hydroxylation sites is 1. The van der Waals surface area contributed by atoms with Gasteiger partial charge in [0.15, 0.2) is 0 Å². The van der Waals surface area contributed by atoms with Crippen LogP contribution in [0.25, 0.3) is 10.9 Å². The number of aromatic amines is 1. The van der Waals surface area contributed by atoms with Crippen LogP contribution >= 0.6 is 0 Å². The lowest BCUT2D eigenvalue weighted by atomic mass is 9.88. The molecule has 0 spiro atoms. The molecule has 1 atom stereocenters. The van der Waals surface area contributed by atoms with Crippen molar-refractivity contribution in [1.29, 1.82) is 0 Å². The van der Waals surface area contributed by atoms with Gasteiger partial charge in [0.05, 0.1) is 6.42 Å². The second-order valence-electron chi connectivity index (χ2n) is 8.14. The summed E-state index contributed by atoms with van der Waals surface area (Å²) < 4.78 is 0. The Morgan fingerprint density at radius 3 is 2.52 bits per heavy atom. The van der Waals surface area contributed by atoms with E-state index in [4.69, 9.17) is 0 Å². The first-order valence-corrected chi connectivity index (χ1v) is 10.4. The maximum Gasteiger partial charge on any atom is 0.261 e. The average Bonchev–Trinajstić information content (AvgIpc) is 3.13. The number of hydrogen-bond donors (Lipinski definition) is 4. The number of carbonyl (C=O) groups is 3. The lowest BCUT2D eigenvalue weighted by Gasteiger charge is -2.26. The summed E-state index contributed by atoms with van der Waals surface area (Å²) in [6, 6.07) is 7.06. The fourth-order valence-electron chi connectivity index (χ4n) is 3.87. The number of hydrogen-bond acceptors (Lipinski definition) is 3. The third kappa shape index (κ3) is 5.37. The summed E-state index contributed by atoms with van der Waals surface area (Å²) in [5.74, 6) is -0.897. The first kappa shape index (κ1) is 20.9. The fourth-order valence-corrected chi connectivity index (χ4v) is 3.87. The molecule has 3 amide bonds. The minimum atomic E-state index is -0.683. The average molecular weight is 399 g/mol. The van der Waals surface area contributed by atoms with Crippen LogP contribution in [0.3, 0.4) is 0 Å². The Bertz CT molecular complexity index is 868. The molecule has 1 fully saturated rings. The molecule has 1 unspecified atom stereocenters. The Kier molecular flexibility index (Phi) is 6.90. The molecular weight excluding hydrogens is 368 g/mol. The van der Waals surface area contributed by atoms with Gasteiger partial charge >= 0.3 is 0 Å². The number of fused-ring (bicyclic) bond motifs is 1. The molecule has 7 heteroatoms. The van der Waals surface area contributed by atoms with Gasteiger partial charge in [0.25, 0.3) is 5.91 Å². The number of benzene rings is 1. The van der Waals surface area contributed by atoms with Crippen LogP contribution in [0.4, 0.5) is 0 Å². The first-order chi connectivity index (χ1) is 14.0. The van der Waals surface area contributed by atoms with Crippen LogP contribution < -0.4 is 16.2 Å². The molecule has 1 aliphatic rings. The number of aromatic nitrogens is 1. The molecule has 29 heavy (non-hydrogen) atoms. The van der Waals surface area contributed by atoms with E-state index >= 15 is 0 Å². The zero-order chi connectivity index (χ0) is 20.8. The van der Waals surface area contributed by atoms with Gasteiger partial charge in [0.1, 0.15) is 6.04 Å². The van der Waals surface area contributed by atoms with Gasteiger partial charge in [-0.2, -0.15) is 0 Å². The lowest BCUT2D eigenvalue weighted by molar-refractivity contribution is -0.134. The van der Waals surface area contributed by atoms with Crippen LogP contribution in [0.5, 0.6) is 0 Å². The number of carbonyl (C=O) groups excluding carboxylic acids is 3. The van der Waals surface area contributed by atoms with Gasteiger partial charge in [-0.25, -0.2) is 0 Å². The van der Waals surface area contributed by atoms with Crippen LogP contribution in [0, 0.1) is 11.8 Å². The minimum absolute atomic E-state index is 0.0192. The topological polar surface area (TPSA) is 103 Å². The van der Waals surface area contributed by atoms with Crippen molar-refractivity contribution in [3.8, 4) is 0 Å². The molecule has 1 aromatic heterocycles. The van der Waals surface area contributed by atoms with E-state index < -0.39 is 11.9 Å². The van der Waals surface area contributed by atoms with Gasteiger partial charge in [-0.1, -0.05) is 51.3 Å². The van der Waals surface area contributed by atoms with Gasteiger partial charge in [0, 0.05) is 23.0 Å². The van der Waals surface area contributed by atoms with E-state index in [1.165, 1.54) is 6.42 Å². The Balaban J connectivity index is 1.52. The Labute approximate surface area is 171 Å². The summed E-state index contributed by atoms with van der Waals surface area (Å²) >= 11 is 0. The summed E-state index contributed by atoms with van der Waals surface area (Å²) in [4.78, 5) is 40.5. The number of H-pyrrole nitrogens is 1. The largest absolute Gasteiger partial charge is 0.361 e. The smallest absolute Gasteiger partial charge is 0.261 e. The zero-order valence-electron chi connectivity index (χ0n) is 17.1. The molecule has 7 nitrogen and oxygen atoms in total. The van der Waals surface area contributed by atoms with E-state index in [0.29, 0.717) is 0 Å². The number of rotatable bonds is 6. The third-order valence-corrected chi connectivity index (χ3v) is 5.57. The Hall–Kier alpha value is -2.83. The van der Waals surface area contributed by atoms with Crippen molar-refractivity contribution in [2.45, 2.75) is 58.4 Å². The van der Waals surface area contributed by atoms with Crippen molar-refractivity contribution >= 4 is 28.6 Å². The van der Waals surface area contributed by atoms with Crippen LogP contribution in [-0.4, -0.2) is 28.7 Å². The molecule has 0 radical (unpaired) electrons. The molecule has 2 aromatic rings. The van der Waals surface area contributed by atoms with E-state index in [1.807, 2.05) is 38.1 Å². The van der Waals surface area contributed by atoms with Crippen LogP contribution in [-0.2, 0) is 20.8 Å². The lowest BCUT2D eigenvalue weighted by Crippen LogP contribution is -2.55. The van der Waals surface area contributed by atoms with Gasteiger partial charge < -0.3 is 10.3 Å². The maximum atomic E-state index is 12.6. The van der Waals surface area contributed by atoms with E-state index in [-0.39, 0.29) is 30.1 Å². The van der Waals surface area contributed by atoms with Crippen molar-refractivity contribution < 1.29 is 14.4 Å². The summed E-state index contributed by atoms with van der Waals surface area (Å²) in [6.07, 6.45) is 6.97. The van der Waals surface area contributed by atoms with E-state index in [2.05, 4.69) is 21.2 Å². The molecule has 156 valence electrons. The van der Waals surface area contributed by atoms with Crippen molar-refractivity contribution in [1.82, 2.24) is 21.2 Å². The highest BCUT2D eigenvalue weighted by molar-refractivity contribution is 5.92. The summed E-state index contributed by atoms with van der Waals surface area (Å²) in [5, 5.41) is 3.85. The minimum Gasteiger partial charge on any atom is -0.361 e. The highest BCUT2D eigenvalue weighted by Gasteiger charge is 2.28. The highest BCUT2D eigenvalue weighted by Crippen LogP contribution is 2.24. The quantitative estimate of drug-likeness (QED) is 0.562. The standard InChI is InChI=1S/C22H30N4O3/c1-14(2)20(24-21(28)15-8-4-3-5-9-15)22(29)26-25-19(27)12-16-13-23-18-11-7-6-10-17(16)18/h6-7,10-11,13-15,20,23H,3-5,8-9,12H2,1-2H3,(H,24,28)(H,25,27)(H,26,29). The van der Waals surface area contributed by atoms with Crippen LogP contribution in [0.2, 0.25) is 0 Å². The molecule has 1 aliphatic carbocycles. The monoisotopic (exact) mass is 398 g/mol.